The van der Waals surface area contributed by atoms with Crippen LogP contribution in [-0.4, -0.2) is 45.0 Å². The highest BCUT2D eigenvalue weighted by atomic mass is 32.2. The molecule has 262 valence electrons. The predicted octanol–water partition coefficient (Wildman–Crippen LogP) is 11.9. The van der Waals surface area contributed by atoms with Crippen molar-refractivity contribution in [2.75, 3.05) is 5.75 Å². The van der Waals surface area contributed by atoms with Gasteiger partial charge in [0, 0.05) is 12.8 Å². The van der Waals surface area contributed by atoms with E-state index in [2.05, 4.69) is 106 Å². The topological polar surface area (TPSA) is 44.8 Å². The van der Waals surface area contributed by atoms with E-state index in [0.29, 0.717) is 24.2 Å². The van der Waals surface area contributed by atoms with Crippen LogP contribution in [0.15, 0.2) is 47.1 Å². The number of hydrogen-bond donors (Lipinski definition) is 0. The molecule has 0 aromatic rings. The van der Waals surface area contributed by atoms with Gasteiger partial charge in [-0.2, -0.15) is 0 Å². The summed E-state index contributed by atoms with van der Waals surface area (Å²) in [5.74, 6) is 0.603. The van der Waals surface area contributed by atoms with Crippen molar-refractivity contribution in [2.24, 2.45) is 11.3 Å². The highest BCUT2D eigenvalue weighted by molar-refractivity contribution is 8.01. The molecule has 0 radical (unpaired) electrons. The van der Waals surface area contributed by atoms with Crippen LogP contribution < -0.4 is 0 Å². The molecule has 0 aliphatic heterocycles. The summed E-state index contributed by atoms with van der Waals surface area (Å²) in [4.78, 5) is 12.5. The van der Waals surface area contributed by atoms with Crippen LogP contribution in [-0.2, 0) is 18.4 Å². The summed E-state index contributed by atoms with van der Waals surface area (Å²) in [5.41, 5.74) is 5.33. The molecular weight excluding hydrogens is 621 g/mol. The maximum atomic E-state index is 13.3. The molecule has 0 aromatic carbocycles. The maximum absolute atomic E-state index is 13.3. The van der Waals surface area contributed by atoms with Gasteiger partial charge in [-0.25, -0.2) is 0 Å². The lowest BCUT2D eigenvalue weighted by Crippen LogP contribution is -2.59. The Labute approximate surface area is 289 Å². The third kappa shape index (κ3) is 8.83. The SMILES string of the molecule is C=C1CC(O[Si](C)(C)C(C)(C)C)[C@](O[Si](C)(C)C(C)(C)C)(SCC(=O)OC(C)(C)C)CC1=CC=C1CCC[C@]2(C)C(CC)=CC[C@@H]12. The molecule has 7 heteroatoms. The molecule has 0 saturated heterocycles. The predicted molar refractivity (Wildman–Crippen MR) is 204 cm³/mol. The third-order valence-electron chi connectivity index (χ3n) is 11.7. The summed E-state index contributed by atoms with van der Waals surface area (Å²) < 4.78 is 20.7. The fraction of sp³-hybridized carbons (Fsp3) is 0.769. The van der Waals surface area contributed by atoms with Crippen LogP contribution in [0.4, 0.5) is 0 Å². The Kier molecular flexibility index (Phi) is 11.9. The van der Waals surface area contributed by atoms with Gasteiger partial charge in [-0.1, -0.05) is 91.3 Å². The average molecular weight is 689 g/mol. The first-order valence-electron chi connectivity index (χ1n) is 17.8. The normalized spacial score (nSPS) is 30.1. The van der Waals surface area contributed by atoms with Gasteiger partial charge in [0.25, 0.3) is 0 Å². The summed E-state index contributed by atoms with van der Waals surface area (Å²) >= 11 is 1.61. The van der Waals surface area contributed by atoms with E-state index in [0.717, 1.165) is 24.8 Å². The second-order valence-corrected chi connectivity index (χ2v) is 29.2. The Morgan fingerprint density at radius 1 is 1.02 bits per heavy atom. The van der Waals surface area contributed by atoms with Gasteiger partial charge >= 0.3 is 5.97 Å². The third-order valence-corrected chi connectivity index (χ3v) is 22.2. The number of rotatable bonds is 9. The minimum atomic E-state index is -2.31. The van der Waals surface area contributed by atoms with Gasteiger partial charge in [-0.15, -0.1) is 11.8 Å². The minimum Gasteiger partial charge on any atom is -0.459 e. The van der Waals surface area contributed by atoms with Crippen LogP contribution >= 0.6 is 11.8 Å². The molecule has 0 amide bonds. The summed E-state index contributed by atoms with van der Waals surface area (Å²) in [6.45, 7) is 38.3. The Bertz CT molecular complexity index is 1240. The molecule has 4 nitrogen and oxygen atoms in total. The number of esters is 1. The van der Waals surface area contributed by atoms with Crippen LogP contribution in [0, 0.1) is 11.3 Å². The average Bonchev–Trinajstić information content (AvgIpc) is 3.22. The van der Waals surface area contributed by atoms with Crippen molar-refractivity contribution >= 4 is 34.4 Å². The van der Waals surface area contributed by atoms with Crippen LogP contribution in [0.2, 0.25) is 36.3 Å². The lowest BCUT2D eigenvalue weighted by atomic mass is 9.64. The summed E-state index contributed by atoms with van der Waals surface area (Å²) in [5, 5.41) is 0.0288. The van der Waals surface area contributed by atoms with Gasteiger partial charge in [0.1, 0.15) is 10.5 Å². The maximum Gasteiger partial charge on any atom is 0.316 e. The highest BCUT2D eigenvalue weighted by Gasteiger charge is 2.55. The molecule has 46 heavy (non-hydrogen) atoms. The molecular formula is C39H68O4SSi2. The van der Waals surface area contributed by atoms with Crippen molar-refractivity contribution in [3.05, 3.63) is 47.1 Å². The van der Waals surface area contributed by atoms with Gasteiger partial charge in [-0.05, 0) is 112 Å². The Morgan fingerprint density at radius 3 is 2.17 bits per heavy atom. The van der Waals surface area contributed by atoms with Crippen molar-refractivity contribution in [3.8, 4) is 0 Å². The van der Waals surface area contributed by atoms with Crippen molar-refractivity contribution in [1.82, 2.24) is 0 Å². The summed E-state index contributed by atoms with van der Waals surface area (Å²) in [7, 11) is -4.51. The smallest absolute Gasteiger partial charge is 0.316 e. The lowest BCUT2D eigenvalue weighted by molar-refractivity contribution is -0.151. The van der Waals surface area contributed by atoms with E-state index in [1.807, 2.05) is 20.8 Å². The molecule has 0 N–H and O–H groups in total. The Balaban J connectivity index is 2.11. The molecule has 3 rings (SSSR count). The summed E-state index contributed by atoms with van der Waals surface area (Å²) in [6, 6.07) is 0. The molecule has 2 saturated carbocycles. The van der Waals surface area contributed by atoms with E-state index in [-0.39, 0.29) is 27.9 Å². The van der Waals surface area contributed by atoms with Crippen LogP contribution in [0.1, 0.15) is 121 Å². The van der Waals surface area contributed by atoms with Crippen molar-refractivity contribution < 1.29 is 18.4 Å². The molecule has 0 heterocycles. The Hall–Kier alpha value is -0.866. The first kappa shape index (κ1) is 39.6. The second-order valence-electron chi connectivity index (χ2n) is 18.5. The fourth-order valence-corrected chi connectivity index (χ4v) is 11.6. The number of fused-ring (bicyclic) bond motifs is 1. The Morgan fingerprint density at radius 2 is 1.63 bits per heavy atom. The molecule has 2 fully saturated rings. The number of hydrogen-bond acceptors (Lipinski definition) is 5. The lowest BCUT2D eigenvalue weighted by Gasteiger charge is -2.53. The van der Waals surface area contributed by atoms with Crippen LogP contribution in [0.5, 0.6) is 0 Å². The zero-order chi connectivity index (χ0) is 35.1. The quantitative estimate of drug-likeness (QED) is 0.104. The van der Waals surface area contributed by atoms with Crippen LogP contribution in [0.3, 0.4) is 0 Å². The van der Waals surface area contributed by atoms with E-state index in [1.54, 1.807) is 22.9 Å². The van der Waals surface area contributed by atoms with Crippen molar-refractivity contribution in [3.63, 3.8) is 0 Å². The molecule has 0 aromatic heterocycles. The second kappa shape index (κ2) is 13.8. The van der Waals surface area contributed by atoms with E-state index < -0.39 is 27.2 Å². The zero-order valence-corrected chi connectivity index (χ0v) is 35.1. The largest absolute Gasteiger partial charge is 0.459 e. The molecule has 0 bridgehead atoms. The molecule has 4 atom stereocenters. The number of carbonyl (C=O) groups excluding carboxylic acids is 1. The first-order valence-corrected chi connectivity index (χ1v) is 24.6. The van der Waals surface area contributed by atoms with E-state index in [9.17, 15) is 4.79 Å². The fourth-order valence-electron chi connectivity index (χ4n) is 6.93. The molecule has 3 aliphatic carbocycles. The highest BCUT2D eigenvalue weighted by Crippen LogP contribution is 2.56. The van der Waals surface area contributed by atoms with E-state index in [4.69, 9.17) is 13.6 Å². The van der Waals surface area contributed by atoms with Crippen LogP contribution in [0.25, 0.3) is 0 Å². The zero-order valence-electron chi connectivity index (χ0n) is 32.3. The van der Waals surface area contributed by atoms with E-state index >= 15 is 0 Å². The van der Waals surface area contributed by atoms with Gasteiger partial charge in [-0.3, -0.25) is 4.79 Å². The van der Waals surface area contributed by atoms with Crippen molar-refractivity contribution in [2.45, 2.75) is 174 Å². The standard InChI is InChI=1S/C39H68O4SSi2/c1-17-31-22-23-32-29(19-18-24-38(31,32)12)20-21-30-26-39(43-46(15,16)37(9,10)11,44-27-34(40)41-35(3,4)5)33(25-28(30)2)42-45(13,14)36(6,7)8/h20-22,32-33H,2,17-19,23-27H2,1,3-16H3/t32-,33?,38+,39+/m0/s1. The molecule has 3 aliphatic rings. The summed E-state index contributed by atoms with van der Waals surface area (Å²) in [6.07, 6.45) is 14.4. The molecule has 0 spiro atoms. The minimum absolute atomic E-state index is 0.00662. The van der Waals surface area contributed by atoms with Gasteiger partial charge in [0.2, 0.25) is 0 Å². The number of ether oxygens (including phenoxy) is 1. The number of thioether (sulfide) groups is 1. The van der Waals surface area contributed by atoms with Crippen molar-refractivity contribution in [1.29, 1.82) is 0 Å². The van der Waals surface area contributed by atoms with Gasteiger partial charge in [0.15, 0.2) is 16.6 Å². The van der Waals surface area contributed by atoms with Gasteiger partial charge < -0.3 is 13.6 Å². The first-order chi connectivity index (χ1) is 20.8. The monoisotopic (exact) mass is 688 g/mol. The van der Waals surface area contributed by atoms with E-state index in [1.165, 1.54) is 18.4 Å². The number of allylic oxidation sites excluding steroid dienone is 5. The number of carbonyl (C=O) groups is 1. The molecule has 1 unspecified atom stereocenters. The van der Waals surface area contributed by atoms with Gasteiger partial charge in [0.05, 0.1) is 11.9 Å².